The molecule has 0 atom stereocenters. The Hall–Kier alpha value is -1.16. The van der Waals surface area contributed by atoms with Crippen LogP contribution in [0.15, 0.2) is 30.6 Å². The van der Waals surface area contributed by atoms with Crippen molar-refractivity contribution in [3.05, 3.63) is 57.6 Å². The minimum atomic E-state index is 0.540. The zero-order valence-corrected chi connectivity index (χ0v) is 11.5. The molecule has 1 heterocycles. The minimum Gasteiger partial charge on any atom is -0.316 e. The molecule has 1 aromatic heterocycles. The van der Waals surface area contributed by atoms with Crippen LogP contribution in [0.3, 0.4) is 0 Å². The predicted octanol–water partition coefficient (Wildman–Crippen LogP) is 3.09. The first-order valence-electron chi connectivity index (χ1n) is 5.58. The van der Waals surface area contributed by atoms with Gasteiger partial charge in [0.1, 0.15) is 5.82 Å². The highest BCUT2D eigenvalue weighted by molar-refractivity contribution is 6.36. The van der Waals surface area contributed by atoms with Crippen molar-refractivity contribution in [3.63, 3.8) is 0 Å². The monoisotopic (exact) mass is 281 g/mol. The molecule has 1 aromatic carbocycles. The fourth-order valence-electron chi connectivity index (χ4n) is 1.63. The normalized spacial score (nSPS) is 10.6. The van der Waals surface area contributed by atoms with Crippen LogP contribution in [0.1, 0.15) is 17.0 Å². The molecular formula is C13H13Cl2N3. The topological polar surface area (TPSA) is 37.8 Å². The molecule has 1 N–H and O–H groups in total. The molecule has 18 heavy (non-hydrogen) atoms. The molecule has 3 nitrogen and oxygen atoms in total. The Morgan fingerprint density at radius 2 is 1.72 bits per heavy atom. The second-order valence-corrected chi connectivity index (χ2v) is 4.73. The van der Waals surface area contributed by atoms with Gasteiger partial charge in [0.15, 0.2) is 0 Å². The summed E-state index contributed by atoms with van der Waals surface area (Å²) in [6.07, 6.45) is 4.16. The van der Waals surface area contributed by atoms with Crippen LogP contribution in [0.2, 0.25) is 10.0 Å². The second-order valence-electron chi connectivity index (χ2n) is 3.91. The third-order valence-corrected chi connectivity index (χ3v) is 3.24. The molecule has 0 unspecified atom stereocenters. The number of hydrogen-bond acceptors (Lipinski definition) is 3. The fourth-order valence-corrected chi connectivity index (χ4v) is 2.16. The molecular weight excluding hydrogens is 269 g/mol. The number of nitrogens with one attached hydrogen (secondary N) is 1. The predicted molar refractivity (Wildman–Crippen MR) is 74.1 cm³/mol. The molecule has 5 heteroatoms. The van der Waals surface area contributed by atoms with E-state index in [9.17, 15) is 0 Å². The van der Waals surface area contributed by atoms with Gasteiger partial charge in [0.25, 0.3) is 0 Å². The zero-order chi connectivity index (χ0) is 13.0. The van der Waals surface area contributed by atoms with Crippen LogP contribution in [0, 0.1) is 0 Å². The zero-order valence-electron chi connectivity index (χ0n) is 9.95. The van der Waals surface area contributed by atoms with E-state index in [-0.39, 0.29) is 0 Å². The number of hydrogen-bond donors (Lipinski definition) is 1. The van der Waals surface area contributed by atoms with Gasteiger partial charge in [-0.05, 0) is 24.7 Å². The summed E-state index contributed by atoms with van der Waals surface area (Å²) in [4.78, 5) is 8.61. The van der Waals surface area contributed by atoms with Crippen molar-refractivity contribution in [2.24, 2.45) is 0 Å². The van der Waals surface area contributed by atoms with Gasteiger partial charge >= 0.3 is 0 Å². The Morgan fingerprint density at radius 1 is 1.11 bits per heavy atom. The maximum atomic E-state index is 6.11. The molecule has 0 amide bonds. The standard InChI is InChI=1S/C13H13Cl2N3/c1-16-6-9-7-17-13(18-8-9)5-10-11(14)3-2-4-12(10)15/h2-4,7-8,16H,5-6H2,1H3. The van der Waals surface area contributed by atoms with Crippen LogP contribution in [0.25, 0.3) is 0 Å². The quantitative estimate of drug-likeness (QED) is 0.936. The lowest BCUT2D eigenvalue weighted by atomic mass is 10.1. The lowest BCUT2D eigenvalue weighted by Crippen LogP contribution is -2.07. The van der Waals surface area contributed by atoms with Gasteiger partial charge in [0.2, 0.25) is 0 Å². The second kappa shape index (κ2) is 6.14. The van der Waals surface area contributed by atoms with E-state index in [1.807, 2.05) is 37.6 Å². The summed E-state index contributed by atoms with van der Waals surface area (Å²) >= 11 is 12.2. The van der Waals surface area contributed by atoms with Crippen LogP contribution >= 0.6 is 23.2 Å². The van der Waals surface area contributed by atoms with Crippen molar-refractivity contribution in [2.45, 2.75) is 13.0 Å². The summed E-state index contributed by atoms with van der Waals surface area (Å²) in [5.74, 6) is 0.713. The fraction of sp³-hybridized carbons (Fsp3) is 0.231. The van der Waals surface area contributed by atoms with Crippen molar-refractivity contribution in [1.29, 1.82) is 0 Å². The number of nitrogens with zero attached hydrogens (tertiary/aromatic N) is 2. The number of aromatic nitrogens is 2. The van der Waals surface area contributed by atoms with E-state index in [0.29, 0.717) is 22.3 Å². The molecule has 0 spiro atoms. The Balaban J connectivity index is 2.18. The van der Waals surface area contributed by atoms with Crippen LogP contribution in [0.4, 0.5) is 0 Å². The van der Waals surface area contributed by atoms with Crippen molar-refractivity contribution in [2.75, 3.05) is 7.05 Å². The van der Waals surface area contributed by atoms with E-state index >= 15 is 0 Å². The third kappa shape index (κ3) is 3.19. The molecule has 0 saturated carbocycles. The van der Waals surface area contributed by atoms with Gasteiger partial charge < -0.3 is 5.32 Å². The van der Waals surface area contributed by atoms with Gasteiger partial charge in [-0.25, -0.2) is 9.97 Å². The van der Waals surface area contributed by atoms with E-state index < -0.39 is 0 Å². The Kier molecular flexibility index (Phi) is 4.53. The number of rotatable bonds is 4. The van der Waals surface area contributed by atoms with Crippen LogP contribution < -0.4 is 5.32 Å². The number of halogens is 2. The summed E-state index contributed by atoms with van der Waals surface area (Å²) in [7, 11) is 1.89. The molecule has 2 aromatic rings. The van der Waals surface area contributed by atoms with E-state index in [1.54, 1.807) is 0 Å². The van der Waals surface area contributed by atoms with E-state index in [0.717, 1.165) is 17.7 Å². The van der Waals surface area contributed by atoms with Gasteiger partial charge in [-0.2, -0.15) is 0 Å². The smallest absolute Gasteiger partial charge is 0.132 e. The maximum absolute atomic E-state index is 6.11. The van der Waals surface area contributed by atoms with Crippen molar-refractivity contribution in [1.82, 2.24) is 15.3 Å². The maximum Gasteiger partial charge on any atom is 0.132 e. The molecule has 0 aliphatic carbocycles. The van der Waals surface area contributed by atoms with Gasteiger partial charge in [-0.15, -0.1) is 0 Å². The molecule has 0 bridgehead atoms. The molecule has 94 valence electrons. The molecule has 2 rings (SSSR count). The summed E-state index contributed by atoms with van der Waals surface area (Å²) in [6.45, 7) is 0.757. The first-order chi connectivity index (χ1) is 8.70. The summed E-state index contributed by atoms with van der Waals surface area (Å²) < 4.78 is 0. The SMILES string of the molecule is CNCc1cnc(Cc2c(Cl)cccc2Cl)nc1. The van der Waals surface area contributed by atoms with E-state index in [4.69, 9.17) is 23.2 Å². The Labute approximate surface area is 116 Å². The highest BCUT2D eigenvalue weighted by Gasteiger charge is 2.08. The summed E-state index contributed by atoms with van der Waals surface area (Å²) in [5, 5.41) is 4.34. The van der Waals surface area contributed by atoms with E-state index in [2.05, 4.69) is 15.3 Å². The summed E-state index contributed by atoms with van der Waals surface area (Å²) in [6, 6.07) is 5.46. The van der Waals surface area contributed by atoms with Crippen LogP contribution in [0.5, 0.6) is 0 Å². The van der Waals surface area contributed by atoms with Gasteiger partial charge in [0.05, 0.1) is 0 Å². The van der Waals surface area contributed by atoms with Crippen LogP contribution in [-0.4, -0.2) is 17.0 Å². The number of benzene rings is 1. The molecule has 0 radical (unpaired) electrons. The largest absolute Gasteiger partial charge is 0.316 e. The van der Waals surface area contributed by atoms with Crippen LogP contribution in [-0.2, 0) is 13.0 Å². The highest BCUT2D eigenvalue weighted by atomic mass is 35.5. The lowest BCUT2D eigenvalue weighted by molar-refractivity contribution is 0.798. The Bertz CT molecular complexity index is 506. The first-order valence-corrected chi connectivity index (χ1v) is 6.33. The van der Waals surface area contributed by atoms with E-state index in [1.165, 1.54) is 0 Å². The molecule has 0 aliphatic heterocycles. The van der Waals surface area contributed by atoms with Crippen molar-refractivity contribution >= 4 is 23.2 Å². The third-order valence-electron chi connectivity index (χ3n) is 2.54. The minimum absolute atomic E-state index is 0.540. The van der Waals surface area contributed by atoms with Gasteiger partial charge in [-0.3, -0.25) is 0 Å². The summed E-state index contributed by atoms with van der Waals surface area (Å²) in [5.41, 5.74) is 1.91. The molecule has 0 aliphatic rings. The lowest BCUT2D eigenvalue weighted by Gasteiger charge is -2.06. The Morgan fingerprint density at radius 3 is 2.28 bits per heavy atom. The van der Waals surface area contributed by atoms with Crippen molar-refractivity contribution in [3.8, 4) is 0 Å². The highest BCUT2D eigenvalue weighted by Crippen LogP contribution is 2.25. The average Bonchev–Trinajstić information content (AvgIpc) is 2.36. The first kappa shape index (κ1) is 13.3. The molecule has 0 fully saturated rings. The molecule has 0 saturated heterocycles. The van der Waals surface area contributed by atoms with Crippen molar-refractivity contribution < 1.29 is 0 Å². The average molecular weight is 282 g/mol. The van der Waals surface area contributed by atoms with Gasteiger partial charge in [-0.1, -0.05) is 29.3 Å². The van der Waals surface area contributed by atoms with Gasteiger partial charge in [0, 0.05) is 41.0 Å².